The normalized spacial score (nSPS) is 29.9. The highest BCUT2D eigenvalue weighted by molar-refractivity contribution is 7.91. The van der Waals surface area contributed by atoms with Gasteiger partial charge < -0.3 is 15.0 Å². The van der Waals surface area contributed by atoms with Crippen molar-refractivity contribution in [2.24, 2.45) is 5.41 Å². The van der Waals surface area contributed by atoms with Crippen LogP contribution in [0.3, 0.4) is 0 Å². The van der Waals surface area contributed by atoms with E-state index in [9.17, 15) is 13.2 Å². The maximum absolute atomic E-state index is 12.8. The number of nitrogens with zero attached hydrogens (tertiary/aromatic N) is 5. The van der Waals surface area contributed by atoms with Gasteiger partial charge in [0, 0.05) is 50.7 Å². The Morgan fingerprint density at radius 1 is 1.18 bits per heavy atom. The summed E-state index contributed by atoms with van der Waals surface area (Å²) in [6, 6.07) is 0.00109. The third-order valence-corrected chi connectivity index (χ3v) is 8.77. The Morgan fingerprint density at radius 2 is 1.91 bits per heavy atom. The minimum absolute atomic E-state index is 0.00109. The number of carbonyl (C=O) groups is 1. The predicted octanol–water partition coefficient (Wildman–Crippen LogP) is 0.931. The summed E-state index contributed by atoms with van der Waals surface area (Å²) in [6.07, 6.45) is 2.83. The van der Waals surface area contributed by atoms with Gasteiger partial charge in [0.05, 0.1) is 23.7 Å². The fraction of sp³-hybridized carbons (Fsp3) is 0.864. The van der Waals surface area contributed by atoms with E-state index in [-0.39, 0.29) is 41.1 Å². The van der Waals surface area contributed by atoms with E-state index in [2.05, 4.69) is 39.2 Å². The number of amides is 1. The van der Waals surface area contributed by atoms with Gasteiger partial charge >= 0.3 is 0 Å². The van der Waals surface area contributed by atoms with Crippen LogP contribution in [-0.4, -0.2) is 96.5 Å². The van der Waals surface area contributed by atoms with Gasteiger partial charge in [-0.3, -0.25) is 14.3 Å². The lowest BCUT2D eigenvalue weighted by Crippen LogP contribution is -2.45. The van der Waals surface area contributed by atoms with Gasteiger partial charge in [0.25, 0.3) is 5.91 Å². The van der Waals surface area contributed by atoms with Crippen LogP contribution in [0.2, 0.25) is 0 Å². The van der Waals surface area contributed by atoms with Crippen molar-refractivity contribution in [3.8, 4) is 0 Å². The second kappa shape index (κ2) is 9.50. The summed E-state index contributed by atoms with van der Waals surface area (Å²) < 4.78 is 32.0. The molecule has 0 aromatic carbocycles. The zero-order chi connectivity index (χ0) is 23.8. The highest BCUT2D eigenvalue weighted by Gasteiger charge is 2.47. The number of hydrogen-bond donors (Lipinski definition) is 1. The van der Waals surface area contributed by atoms with Crippen molar-refractivity contribution in [2.45, 2.75) is 71.8 Å². The summed E-state index contributed by atoms with van der Waals surface area (Å²) in [6.45, 7) is 12.8. The molecule has 10 nitrogen and oxygen atoms in total. The highest BCUT2D eigenvalue weighted by Crippen LogP contribution is 2.42. The van der Waals surface area contributed by atoms with E-state index in [0.29, 0.717) is 31.3 Å². The van der Waals surface area contributed by atoms with Gasteiger partial charge in [0.15, 0.2) is 9.84 Å². The molecule has 1 aromatic heterocycles. The highest BCUT2D eigenvalue weighted by atomic mass is 32.2. The molecule has 3 aliphatic heterocycles. The summed E-state index contributed by atoms with van der Waals surface area (Å²) in [5, 5.41) is 11.6. The minimum atomic E-state index is -2.96. The van der Waals surface area contributed by atoms with E-state index in [4.69, 9.17) is 4.74 Å². The summed E-state index contributed by atoms with van der Waals surface area (Å²) in [5.41, 5.74) is -0.198. The maximum atomic E-state index is 12.8. The van der Waals surface area contributed by atoms with E-state index in [1.807, 2.05) is 18.4 Å². The topological polar surface area (TPSA) is 110 Å². The van der Waals surface area contributed by atoms with E-state index < -0.39 is 9.84 Å². The van der Waals surface area contributed by atoms with Crippen LogP contribution >= 0.6 is 0 Å². The number of hydrogen-bond acceptors (Lipinski definition) is 8. The molecule has 4 rings (SSSR count). The molecule has 0 radical (unpaired) electrons. The molecule has 3 saturated heterocycles. The zero-order valence-electron chi connectivity index (χ0n) is 20.3. The van der Waals surface area contributed by atoms with Gasteiger partial charge in [0.1, 0.15) is 0 Å². The molecule has 3 unspecified atom stereocenters. The molecule has 33 heavy (non-hydrogen) atoms. The molecule has 1 aromatic rings. The molecular weight excluding hydrogens is 444 g/mol. The second-order valence-electron chi connectivity index (χ2n) is 10.5. The summed E-state index contributed by atoms with van der Waals surface area (Å²) >= 11 is 0. The molecule has 1 amide bonds. The lowest BCUT2D eigenvalue weighted by molar-refractivity contribution is -0.0682. The maximum Gasteiger partial charge on any atom is 0.289 e. The SMILES string of the molecule is CC(C)NC(=O)c1nnc(N2CCC3(CCS(=O)(=O)C3)C2)n1CCCN1CC(C)OC(C)C1. The molecule has 3 aliphatic rings. The molecule has 186 valence electrons. The molecule has 0 bridgehead atoms. The fourth-order valence-electron chi connectivity index (χ4n) is 5.56. The molecule has 0 aliphatic carbocycles. The number of ether oxygens (including phenoxy) is 1. The van der Waals surface area contributed by atoms with Crippen molar-refractivity contribution in [3.63, 3.8) is 0 Å². The van der Waals surface area contributed by atoms with Crippen molar-refractivity contribution in [1.82, 2.24) is 25.0 Å². The Balaban J connectivity index is 1.49. The van der Waals surface area contributed by atoms with Gasteiger partial charge in [-0.25, -0.2) is 8.42 Å². The largest absolute Gasteiger partial charge is 0.373 e. The first-order valence-corrected chi connectivity index (χ1v) is 14.0. The first-order valence-electron chi connectivity index (χ1n) is 12.1. The first kappa shape index (κ1) is 24.4. The van der Waals surface area contributed by atoms with Crippen molar-refractivity contribution in [3.05, 3.63) is 5.82 Å². The Kier molecular flexibility index (Phi) is 7.02. The fourth-order valence-corrected chi connectivity index (χ4v) is 7.76. The second-order valence-corrected chi connectivity index (χ2v) is 12.7. The Morgan fingerprint density at radius 3 is 2.55 bits per heavy atom. The average Bonchev–Trinajstić information content (AvgIpc) is 3.37. The van der Waals surface area contributed by atoms with Crippen LogP contribution < -0.4 is 10.2 Å². The quantitative estimate of drug-likeness (QED) is 0.611. The van der Waals surface area contributed by atoms with Crippen molar-refractivity contribution in [2.75, 3.05) is 49.1 Å². The number of morpholine rings is 1. The van der Waals surface area contributed by atoms with Crippen LogP contribution in [0.4, 0.5) is 5.95 Å². The molecule has 3 atom stereocenters. The van der Waals surface area contributed by atoms with Crippen molar-refractivity contribution < 1.29 is 17.9 Å². The van der Waals surface area contributed by atoms with E-state index in [0.717, 1.165) is 39.0 Å². The van der Waals surface area contributed by atoms with Gasteiger partial charge in [-0.05, 0) is 47.0 Å². The van der Waals surface area contributed by atoms with Gasteiger partial charge in [-0.1, -0.05) is 0 Å². The predicted molar refractivity (Wildman–Crippen MR) is 126 cm³/mol. The van der Waals surface area contributed by atoms with E-state index in [1.54, 1.807) is 0 Å². The van der Waals surface area contributed by atoms with Crippen LogP contribution in [-0.2, 0) is 21.1 Å². The average molecular weight is 483 g/mol. The third-order valence-electron chi connectivity index (χ3n) is 6.90. The minimum Gasteiger partial charge on any atom is -0.373 e. The van der Waals surface area contributed by atoms with Gasteiger partial charge in [0.2, 0.25) is 11.8 Å². The zero-order valence-corrected chi connectivity index (χ0v) is 21.1. The third kappa shape index (κ3) is 5.68. The Labute approximate surface area is 197 Å². The Bertz CT molecular complexity index is 954. The summed E-state index contributed by atoms with van der Waals surface area (Å²) in [4.78, 5) is 17.4. The molecule has 11 heteroatoms. The molecular formula is C22H38N6O4S. The monoisotopic (exact) mass is 482 g/mol. The standard InChI is InChI=1S/C22H38N6O4S/c1-16(2)23-20(29)19-24-25-21(27-10-6-22(14-27)7-11-33(30,31)15-22)28(19)9-5-8-26-12-17(3)32-18(4)13-26/h16-18H,5-15H2,1-4H3,(H,23,29). The van der Waals surface area contributed by atoms with Crippen LogP contribution in [0, 0.1) is 5.41 Å². The van der Waals surface area contributed by atoms with Gasteiger partial charge in [-0.2, -0.15) is 0 Å². The van der Waals surface area contributed by atoms with Crippen LogP contribution in [0.25, 0.3) is 0 Å². The lowest BCUT2D eigenvalue weighted by Gasteiger charge is -2.35. The first-order chi connectivity index (χ1) is 15.6. The number of rotatable bonds is 7. The Hall–Kier alpha value is -1.72. The summed E-state index contributed by atoms with van der Waals surface area (Å²) in [7, 11) is -2.96. The molecule has 4 heterocycles. The smallest absolute Gasteiger partial charge is 0.289 e. The van der Waals surface area contributed by atoms with Crippen molar-refractivity contribution >= 4 is 21.7 Å². The van der Waals surface area contributed by atoms with Crippen LogP contribution in [0.15, 0.2) is 0 Å². The lowest BCUT2D eigenvalue weighted by atomic mass is 9.87. The molecule has 1 N–H and O–H groups in total. The molecule has 3 fully saturated rings. The van der Waals surface area contributed by atoms with Crippen molar-refractivity contribution in [1.29, 1.82) is 0 Å². The number of carbonyl (C=O) groups excluding carboxylic acids is 1. The van der Waals surface area contributed by atoms with Crippen LogP contribution in [0.5, 0.6) is 0 Å². The van der Waals surface area contributed by atoms with Crippen LogP contribution in [0.1, 0.15) is 57.6 Å². The van der Waals surface area contributed by atoms with E-state index in [1.165, 1.54) is 0 Å². The number of aromatic nitrogens is 3. The number of nitrogens with one attached hydrogen (secondary N) is 1. The molecule has 0 saturated carbocycles. The number of sulfone groups is 1. The van der Waals surface area contributed by atoms with Gasteiger partial charge in [-0.15, -0.1) is 10.2 Å². The molecule has 1 spiro atoms. The summed E-state index contributed by atoms with van der Waals surface area (Å²) in [5.74, 6) is 1.29. The van der Waals surface area contributed by atoms with E-state index >= 15 is 0 Å². The number of anilines is 1.